The summed E-state index contributed by atoms with van der Waals surface area (Å²) < 4.78 is 2.25. The van der Waals surface area contributed by atoms with Crippen molar-refractivity contribution in [3.63, 3.8) is 0 Å². The van der Waals surface area contributed by atoms with Crippen molar-refractivity contribution in [3.8, 4) is 10.7 Å². The highest BCUT2D eigenvalue weighted by atomic mass is 32.1. The molecule has 0 fully saturated rings. The highest BCUT2D eigenvalue weighted by Gasteiger charge is 2.19. The number of carbonyl (C=O) groups is 1. The Balaban J connectivity index is 1.87. The molecule has 144 valence electrons. The Hall–Kier alpha value is -3.18. The number of H-pyrrole nitrogens is 1. The Morgan fingerprint density at radius 2 is 2.25 bits per heavy atom. The number of anilines is 1. The quantitative estimate of drug-likeness (QED) is 0.271. The predicted octanol–water partition coefficient (Wildman–Crippen LogP) is 4.03. The lowest BCUT2D eigenvalue weighted by atomic mass is 10.1. The minimum Gasteiger partial charge on any atom is -0.298 e. The number of hydrogen-bond acceptors (Lipinski definition) is 7. The monoisotopic (exact) mass is 416 g/mol. The number of aromatic amines is 1. The lowest BCUT2D eigenvalue weighted by molar-refractivity contribution is -0.385. The van der Waals surface area contributed by atoms with Gasteiger partial charge in [-0.1, -0.05) is 17.4 Å². The summed E-state index contributed by atoms with van der Waals surface area (Å²) in [7, 11) is 0. The lowest BCUT2D eigenvalue weighted by Gasteiger charge is -2.03. The summed E-state index contributed by atoms with van der Waals surface area (Å²) in [6.07, 6.45) is 1.71. The van der Waals surface area contributed by atoms with Gasteiger partial charge in [0.15, 0.2) is 15.7 Å². The third-order valence-electron chi connectivity index (χ3n) is 3.95. The van der Waals surface area contributed by atoms with Crippen LogP contribution in [0, 0.1) is 28.7 Å². The molecule has 0 aliphatic carbocycles. The van der Waals surface area contributed by atoms with Crippen LogP contribution in [0.5, 0.6) is 0 Å². The van der Waals surface area contributed by atoms with E-state index in [0.717, 1.165) is 4.88 Å². The van der Waals surface area contributed by atoms with Crippen molar-refractivity contribution in [2.75, 3.05) is 5.32 Å². The van der Waals surface area contributed by atoms with Crippen LogP contribution in [0.3, 0.4) is 0 Å². The minimum absolute atomic E-state index is 0.0334. The van der Waals surface area contributed by atoms with Gasteiger partial charge in [-0.15, -0.1) is 6.58 Å². The van der Waals surface area contributed by atoms with Crippen molar-refractivity contribution < 1.29 is 9.72 Å². The van der Waals surface area contributed by atoms with Crippen LogP contribution >= 0.6 is 23.6 Å². The average molecular weight is 416 g/mol. The van der Waals surface area contributed by atoms with Crippen molar-refractivity contribution in [1.29, 1.82) is 0 Å². The summed E-state index contributed by atoms with van der Waals surface area (Å²) in [5, 5.41) is 21.0. The molecule has 1 amide bonds. The normalized spacial score (nSPS) is 10.6. The Bertz CT molecular complexity index is 1140. The van der Waals surface area contributed by atoms with E-state index in [1.165, 1.54) is 29.5 Å². The Kier molecular flexibility index (Phi) is 5.47. The second-order valence-electron chi connectivity index (χ2n) is 5.90. The second kappa shape index (κ2) is 7.82. The molecule has 28 heavy (non-hydrogen) atoms. The number of nitrogens with one attached hydrogen (secondary N) is 2. The fourth-order valence-electron chi connectivity index (χ4n) is 2.62. The number of allylic oxidation sites excluding steroid dienone is 1. The molecule has 11 heteroatoms. The Morgan fingerprint density at radius 3 is 2.89 bits per heavy atom. The van der Waals surface area contributed by atoms with Gasteiger partial charge in [0.25, 0.3) is 11.6 Å². The third-order valence-corrected chi connectivity index (χ3v) is 5.33. The van der Waals surface area contributed by atoms with Crippen LogP contribution in [0.25, 0.3) is 10.7 Å². The van der Waals surface area contributed by atoms with Crippen LogP contribution in [0.2, 0.25) is 0 Å². The highest BCUT2D eigenvalue weighted by Crippen LogP contribution is 2.32. The summed E-state index contributed by atoms with van der Waals surface area (Å²) in [6, 6.07) is 4.21. The summed E-state index contributed by atoms with van der Waals surface area (Å²) in [5.74, 6) is 0.217. The van der Waals surface area contributed by atoms with E-state index in [4.69, 9.17) is 12.2 Å². The van der Waals surface area contributed by atoms with Gasteiger partial charge in [-0.2, -0.15) is 5.10 Å². The van der Waals surface area contributed by atoms with Crippen LogP contribution in [0.4, 0.5) is 10.8 Å². The van der Waals surface area contributed by atoms with Crippen molar-refractivity contribution in [2.24, 2.45) is 0 Å². The molecule has 2 N–H and O–H groups in total. The number of aromatic nitrogens is 4. The first-order valence-electron chi connectivity index (χ1n) is 8.12. The first-order chi connectivity index (χ1) is 13.3. The van der Waals surface area contributed by atoms with Gasteiger partial charge in [0.05, 0.1) is 15.5 Å². The number of nitro groups is 1. The SMILES string of the molecule is C=CCn1c(-c2sc(NC(=O)c3ccc([N+](=O)[O-])c(C)c3)nc2C)n[nH]c1=S. The number of aryl methyl sites for hydroxylation is 2. The fraction of sp³-hybridized carbons (Fsp3) is 0.176. The molecule has 0 aliphatic rings. The first-order valence-corrected chi connectivity index (χ1v) is 9.34. The van der Waals surface area contributed by atoms with Crippen LogP contribution < -0.4 is 5.32 Å². The molecular formula is C17H16N6O3S2. The van der Waals surface area contributed by atoms with E-state index >= 15 is 0 Å². The number of rotatable bonds is 6. The predicted molar refractivity (Wildman–Crippen MR) is 109 cm³/mol. The van der Waals surface area contributed by atoms with E-state index in [-0.39, 0.29) is 5.69 Å². The van der Waals surface area contributed by atoms with Crippen molar-refractivity contribution in [1.82, 2.24) is 19.7 Å². The minimum atomic E-state index is -0.483. The molecule has 0 saturated carbocycles. The van der Waals surface area contributed by atoms with Gasteiger partial charge in [-0.05, 0) is 38.2 Å². The summed E-state index contributed by atoms with van der Waals surface area (Å²) in [4.78, 5) is 28.1. The van der Waals surface area contributed by atoms with Crippen LogP contribution in [-0.2, 0) is 6.54 Å². The number of nitrogens with zero attached hydrogens (tertiary/aromatic N) is 4. The first kappa shape index (κ1) is 19.6. The molecule has 0 spiro atoms. The molecular weight excluding hydrogens is 400 g/mol. The zero-order chi connectivity index (χ0) is 20.4. The average Bonchev–Trinajstić information content (AvgIpc) is 3.17. The van der Waals surface area contributed by atoms with Gasteiger partial charge in [-0.3, -0.25) is 29.9 Å². The van der Waals surface area contributed by atoms with E-state index in [9.17, 15) is 14.9 Å². The molecule has 3 rings (SSSR count). The van der Waals surface area contributed by atoms with Crippen LogP contribution in [-0.4, -0.2) is 30.6 Å². The molecule has 0 bridgehead atoms. The Labute approximate surface area is 168 Å². The molecule has 0 atom stereocenters. The largest absolute Gasteiger partial charge is 0.298 e. The summed E-state index contributed by atoms with van der Waals surface area (Å²) in [6.45, 7) is 7.61. The maximum absolute atomic E-state index is 12.5. The van der Waals surface area contributed by atoms with Gasteiger partial charge in [-0.25, -0.2) is 4.98 Å². The van der Waals surface area contributed by atoms with E-state index < -0.39 is 10.8 Å². The van der Waals surface area contributed by atoms with Crippen molar-refractivity contribution in [3.05, 3.63) is 62.6 Å². The Morgan fingerprint density at radius 1 is 1.50 bits per heavy atom. The van der Waals surface area contributed by atoms with Gasteiger partial charge in [0.1, 0.15) is 0 Å². The number of thiazole rings is 1. The molecule has 9 nitrogen and oxygen atoms in total. The van der Waals surface area contributed by atoms with Crippen LogP contribution in [0.1, 0.15) is 21.6 Å². The molecule has 2 aromatic heterocycles. The lowest BCUT2D eigenvalue weighted by Crippen LogP contribution is -2.12. The number of nitro benzene ring substituents is 1. The number of hydrogen-bond donors (Lipinski definition) is 2. The van der Waals surface area contributed by atoms with E-state index in [1.54, 1.807) is 17.6 Å². The second-order valence-corrected chi connectivity index (χ2v) is 7.28. The standard InChI is InChI=1S/C17H16N6O3S2/c1-4-7-22-14(20-21-17(22)27)13-10(3)18-16(28-13)19-15(24)11-5-6-12(23(25)26)9(2)8-11/h4-6,8H,1,7H2,2-3H3,(H,21,27)(H,18,19,24). The molecule has 0 unspecified atom stereocenters. The van der Waals surface area contributed by atoms with E-state index in [2.05, 4.69) is 27.1 Å². The number of benzene rings is 1. The topological polar surface area (TPSA) is 119 Å². The summed E-state index contributed by atoms with van der Waals surface area (Å²) in [5.41, 5.74) is 1.38. The number of carbonyl (C=O) groups excluding carboxylic acids is 1. The highest BCUT2D eigenvalue weighted by molar-refractivity contribution is 7.71. The molecule has 0 radical (unpaired) electrons. The molecule has 1 aromatic carbocycles. The van der Waals surface area contributed by atoms with E-state index in [0.29, 0.717) is 39.1 Å². The summed E-state index contributed by atoms with van der Waals surface area (Å²) >= 11 is 6.49. The number of amides is 1. The molecule has 0 aliphatic heterocycles. The molecule has 2 heterocycles. The van der Waals surface area contributed by atoms with Gasteiger partial charge < -0.3 is 0 Å². The van der Waals surface area contributed by atoms with E-state index in [1.807, 2.05) is 6.92 Å². The maximum Gasteiger partial charge on any atom is 0.272 e. The third kappa shape index (κ3) is 3.75. The fourth-order valence-corrected chi connectivity index (χ4v) is 3.78. The zero-order valence-corrected chi connectivity index (χ0v) is 16.7. The van der Waals surface area contributed by atoms with Gasteiger partial charge in [0.2, 0.25) is 0 Å². The molecule has 0 saturated heterocycles. The zero-order valence-electron chi connectivity index (χ0n) is 15.1. The molecule has 3 aromatic rings. The van der Waals surface area contributed by atoms with Crippen LogP contribution in [0.15, 0.2) is 30.9 Å². The maximum atomic E-state index is 12.5. The van der Waals surface area contributed by atoms with Gasteiger partial charge >= 0.3 is 0 Å². The smallest absolute Gasteiger partial charge is 0.272 e. The van der Waals surface area contributed by atoms with Crippen molar-refractivity contribution >= 4 is 40.3 Å². The van der Waals surface area contributed by atoms with Crippen molar-refractivity contribution in [2.45, 2.75) is 20.4 Å². The van der Waals surface area contributed by atoms with Gasteiger partial charge in [0, 0.05) is 23.7 Å².